The molecule has 7 heteroatoms. The molecule has 3 heterocycles. The van der Waals surface area contributed by atoms with Gasteiger partial charge in [-0.2, -0.15) is 0 Å². The smallest absolute Gasteiger partial charge is 0.236 e. The van der Waals surface area contributed by atoms with E-state index < -0.39 is 0 Å². The van der Waals surface area contributed by atoms with Crippen LogP contribution in [0, 0.1) is 12.7 Å². The van der Waals surface area contributed by atoms with E-state index in [0.29, 0.717) is 18.7 Å². The molecule has 32 heavy (non-hydrogen) atoms. The van der Waals surface area contributed by atoms with Gasteiger partial charge in [0.25, 0.3) is 0 Å². The van der Waals surface area contributed by atoms with E-state index in [0.717, 1.165) is 41.9 Å². The third-order valence-corrected chi connectivity index (χ3v) is 5.86. The number of amides is 1. The average molecular weight is 434 g/mol. The van der Waals surface area contributed by atoms with Crippen molar-refractivity contribution in [2.45, 2.75) is 32.2 Å². The summed E-state index contributed by atoms with van der Waals surface area (Å²) in [7, 11) is 1.85. The Hall–Kier alpha value is -3.19. The van der Waals surface area contributed by atoms with Crippen LogP contribution in [0.15, 0.2) is 55.1 Å². The molecule has 2 aromatic heterocycles. The van der Waals surface area contributed by atoms with Crippen molar-refractivity contribution in [1.82, 2.24) is 24.8 Å². The van der Waals surface area contributed by atoms with Gasteiger partial charge < -0.3 is 4.90 Å². The lowest BCUT2D eigenvalue weighted by Gasteiger charge is -2.34. The normalized spacial score (nSPS) is 16.4. The standard InChI is InChI=1S/C25H28FN5O/c1-18-10-21(22-12-27-17-28-13-22)11-24(29-18)20-7-5-9-31(15-20)25(32)16-30(2)14-19-6-3-4-8-23(19)26/h3-4,6,8,10-13,17,20H,5,7,9,14-16H2,1-2H3. The van der Waals surface area contributed by atoms with E-state index in [1.54, 1.807) is 24.5 Å². The number of pyridine rings is 1. The monoisotopic (exact) mass is 433 g/mol. The number of carbonyl (C=O) groups excluding carboxylic acids is 1. The number of likely N-dealkylation sites (N-methyl/N-ethyl adjacent to an activating group) is 1. The lowest BCUT2D eigenvalue weighted by atomic mass is 9.92. The second-order valence-electron chi connectivity index (χ2n) is 8.49. The van der Waals surface area contributed by atoms with Gasteiger partial charge in [0.1, 0.15) is 12.1 Å². The topological polar surface area (TPSA) is 62.2 Å². The predicted octanol–water partition coefficient (Wildman–Crippen LogP) is 3.82. The molecular formula is C25H28FN5O. The highest BCUT2D eigenvalue weighted by Gasteiger charge is 2.26. The van der Waals surface area contributed by atoms with Crippen LogP contribution in [0.25, 0.3) is 11.1 Å². The molecule has 1 aromatic carbocycles. The number of halogens is 1. The van der Waals surface area contributed by atoms with Crippen LogP contribution in [0.5, 0.6) is 0 Å². The van der Waals surface area contributed by atoms with E-state index in [1.807, 2.05) is 35.9 Å². The largest absolute Gasteiger partial charge is 0.341 e. The number of aryl methyl sites for hydroxylation is 1. The number of carbonyl (C=O) groups is 1. The number of nitrogens with zero attached hydrogens (tertiary/aromatic N) is 5. The number of piperidine rings is 1. The van der Waals surface area contributed by atoms with Gasteiger partial charge in [0.05, 0.1) is 6.54 Å². The van der Waals surface area contributed by atoms with Gasteiger partial charge in [-0.3, -0.25) is 14.7 Å². The summed E-state index contributed by atoms with van der Waals surface area (Å²) in [4.78, 5) is 29.8. The summed E-state index contributed by atoms with van der Waals surface area (Å²) in [6.07, 6.45) is 7.05. The van der Waals surface area contributed by atoms with Crippen molar-refractivity contribution in [3.63, 3.8) is 0 Å². The first kappa shape index (κ1) is 22.0. The van der Waals surface area contributed by atoms with Crippen molar-refractivity contribution in [2.24, 2.45) is 0 Å². The average Bonchev–Trinajstić information content (AvgIpc) is 2.81. The molecule has 0 saturated carbocycles. The molecular weight excluding hydrogens is 405 g/mol. The Morgan fingerprint density at radius 1 is 1.19 bits per heavy atom. The highest BCUT2D eigenvalue weighted by molar-refractivity contribution is 5.78. The summed E-state index contributed by atoms with van der Waals surface area (Å²) in [6.45, 7) is 4.04. The molecule has 1 aliphatic rings. The first-order valence-electron chi connectivity index (χ1n) is 10.9. The van der Waals surface area contributed by atoms with E-state index in [2.05, 4.69) is 16.0 Å². The fraction of sp³-hybridized carbons (Fsp3) is 0.360. The summed E-state index contributed by atoms with van der Waals surface area (Å²) in [5.74, 6) is 0.0145. The number of hydrogen-bond acceptors (Lipinski definition) is 5. The third kappa shape index (κ3) is 5.34. The van der Waals surface area contributed by atoms with Crippen LogP contribution in [0.1, 0.15) is 35.7 Å². The van der Waals surface area contributed by atoms with Gasteiger partial charge in [0.2, 0.25) is 5.91 Å². The van der Waals surface area contributed by atoms with Crippen molar-refractivity contribution in [2.75, 3.05) is 26.7 Å². The molecule has 4 rings (SSSR count). The fourth-order valence-electron chi connectivity index (χ4n) is 4.27. The molecule has 1 saturated heterocycles. The number of rotatable bonds is 6. The highest BCUT2D eigenvalue weighted by atomic mass is 19.1. The SMILES string of the molecule is Cc1cc(-c2cncnc2)cc(C2CCCN(C(=O)CN(C)Cc3ccccc3F)C2)n1. The maximum Gasteiger partial charge on any atom is 0.236 e. The number of hydrogen-bond donors (Lipinski definition) is 0. The van der Waals surface area contributed by atoms with Gasteiger partial charge in [0.15, 0.2) is 0 Å². The molecule has 1 atom stereocenters. The summed E-state index contributed by atoms with van der Waals surface area (Å²) in [5.41, 5.74) is 4.54. The maximum atomic E-state index is 13.9. The molecule has 1 aliphatic heterocycles. The van der Waals surface area contributed by atoms with Crippen molar-refractivity contribution >= 4 is 5.91 Å². The minimum Gasteiger partial charge on any atom is -0.341 e. The summed E-state index contributed by atoms with van der Waals surface area (Å²) >= 11 is 0. The van der Waals surface area contributed by atoms with E-state index in [9.17, 15) is 9.18 Å². The van der Waals surface area contributed by atoms with Crippen LogP contribution in [-0.4, -0.2) is 57.3 Å². The molecule has 1 unspecified atom stereocenters. The van der Waals surface area contributed by atoms with Crippen molar-refractivity contribution < 1.29 is 9.18 Å². The van der Waals surface area contributed by atoms with Gasteiger partial charge in [-0.05, 0) is 50.6 Å². The van der Waals surface area contributed by atoms with Crippen LogP contribution < -0.4 is 0 Å². The highest BCUT2D eigenvalue weighted by Crippen LogP contribution is 2.29. The Bertz CT molecular complexity index is 1070. The summed E-state index contributed by atoms with van der Waals surface area (Å²) in [6, 6.07) is 10.8. The zero-order chi connectivity index (χ0) is 22.5. The van der Waals surface area contributed by atoms with Gasteiger partial charge in [-0.15, -0.1) is 0 Å². The quantitative estimate of drug-likeness (QED) is 0.591. The first-order chi connectivity index (χ1) is 15.5. The van der Waals surface area contributed by atoms with E-state index in [4.69, 9.17) is 4.98 Å². The number of aromatic nitrogens is 3. The van der Waals surface area contributed by atoms with Crippen molar-refractivity contribution in [1.29, 1.82) is 0 Å². The Morgan fingerprint density at radius 2 is 1.97 bits per heavy atom. The minimum atomic E-state index is -0.241. The minimum absolute atomic E-state index is 0.0675. The van der Waals surface area contributed by atoms with E-state index >= 15 is 0 Å². The first-order valence-corrected chi connectivity index (χ1v) is 10.9. The van der Waals surface area contributed by atoms with Crippen LogP contribution in [0.3, 0.4) is 0 Å². The number of likely N-dealkylation sites (tertiary alicyclic amines) is 1. The lowest BCUT2D eigenvalue weighted by molar-refractivity contribution is -0.133. The van der Waals surface area contributed by atoms with Gasteiger partial charge in [-0.25, -0.2) is 14.4 Å². The molecule has 6 nitrogen and oxygen atoms in total. The Kier molecular flexibility index (Phi) is 6.85. The maximum absolute atomic E-state index is 13.9. The van der Waals surface area contributed by atoms with Crippen LogP contribution in [-0.2, 0) is 11.3 Å². The van der Waals surface area contributed by atoms with Crippen LogP contribution in [0.2, 0.25) is 0 Å². The Morgan fingerprint density at radius 3 is 2.75 bits per heavy atom. The molecule has 0 radical (unpaired) electrons. The number of benzene rings is 1. The van der Waals surface area contributed by atoms with Crippen molar-refractivity contribution in [3.8, 4) is 11.1 Å². The van der Waals surface area contributed by atoms with E-state index in [1.165, 1.54) is 12.4 Å². The molecule has 0 bridgehead atoms. The Labute approximate surface area is 188 Å². The third-order valence-electron chi connectivity index (χ3n) is 5.86. The molecule has 0 spiro atoms. The van der Waals surface area contributed by atoms with Gasteiger partial charge in [0, 0.05) is 60.5 Å². The second kappa shape index (κ2) is 9.96. The zero-order valence-electron chi connectivity index (χ0n) is 18.5. The Balaban J connectivity index is 1.42. The lowest BCUT2D eigenvalue weighted by Crippen LogP contribution is -2.43. The molecule has 1 amide bonds. The molecule has 1 fully saturated rings. The summed E-state index contributed by atoms with van der Waals surface area (Å²) < 4.78 is 13.9. The fourth-order valence-corrected chi connectivity index (χ4v) is 4.27. The van der Waals surface area contributed by atoms with E-state index in [-0.39, 0.29) is 24.2 Å². The molecule has 166 valence electrons. The second-order valence-corrected chi connectivity index (χ2v) is 8.49. The summed E-state index contributed by atoms with van der Waals surface area (Å²) in [5, 5.41) is 0. The van der Waals surface area contributed by atoms with Crippen LogP contribution in [0.4, 0.5) is 4.39 Å². The van der Waals surface area contributed by atoms with Gasteiger partial charge >= 0.3 is 0 Å². The van der Waals surface area contributed by atoms with Crippen LogP contribution >= 0.6 is 0 Å². The predicted molar refractivity (Wildman–Crippen MR) is 121 cm³/mol. The van der Waals surface area contributed by atoms with Crippen molar-refractivity contribution in [3.05, 3.63) is 77.9 Å². The molecule has 0 N–H and O–H groups in total. The van der Waals surface area contributed by atoms with Gasteiger partial charge in [-0.1, -0.05) is 18.2 Å². The molecule has 3 aromatic rings. The zero-order valence-corrected chi connectivity index (χ0v) is 18.5. The molecule has 0 aliphatic carbocycles.